The van der Waals surface area contributed by atoms with E-state index in [9.17, 15) is 4.79 Å². The number of aromatic nitrogens is 2. The maximum atomic E-state index is 11.6. The molecule has 6 heteroatoms. The highest BCUT2D eigenvalue weighted by Crippen LogP contribution is 2.32. The van der Waals surface area contributed by atoms with Gasteiger partial charge >= 0.3 is 5.97 Å². The quantitative estimate of drug-likeness (QED) is 0.795. The van der Waals surface area contributed by atoms with Crippen molar-refractivity contribution in [3.8, 4) is 0 Å². The van der Waals surface area contributed by atoms with Gasteiger partial charge < -0.3 is 9.64 Å². The predicted octanol–water partition coefficient (Wildman–Crippen LogP) is 2.39. The first-order chi connectivity index (χ1) is 9.70. The number of nitrogens with zero attached hydrogens (tertiary/aromatic N) is 3. The lowest BCUT2D eigenvalue weighted by atomic mass is 9.97. The fraction of sp³-hybridized carbons (Fsp3) is 0.500. The van der Waals surface area contributed by atoms with Crippen LogP contribution >= 0.6 is 11.3 Å². The Hall–Kier alpha value is -1.69. The number of carbonyl (C=O) groups is 1. The Morgan fingerprint density at radius 2 is 2.15 bits per heavy atom. The number of esters is 1. The molecule has 5 nitrogen and oxygen atoms in total. The lowest BCUT2D eigenvalue weighted by molar-refractivity contribution is -0.146. The zero-order chi connectivity index (χ0) is 14.1. The van der Waals surface area contributed by atoms with Gasteiger partial charge in [-0.15, -0.1) is 11.3 Å². The Bertz CT molecular complexity index is 632. The Morgan fingerprint density at radius 3 is 2.85 bits per heavy atom. The Labute approximate surface area is 121 Å². The van der Waals surface area contributed by atoms with Gasteiger partial charge in [-0.25, -0.2) is 9.97 Å². The van der Waals surface area contributed by atoms with Gasteiger partial charge in [-0.1, -0.05) is 0 Å². The predicted molar refractivity (Wildman–Crippen MR) is 79.1 cm³/mol. The number of aryl methyl sites for hydroxylation is 1. The third-order valence-electron chi connectivity index (χ3n) is 3.86. The van der Waals surface area contributed by atoms with Crippen LogP contribution in [0.15, 0.2) is 11.7 Å². The SMILES string of the molecule is COC(=O)C1CCN(c2ncnc3scc(C)c23)CC1. The summed E-state index contributed by atoms with van der Waals surface area (Å²) in [7, 11) is 1.46. The summed E-state index contributed by atoms with van der Waals surface area (Å²) in [6.45, 7) is 3.76. The van der Waals surface area contributed by atoms with Crippen molar-refractivity contribution in [1.29, 1.82) is 0 Å². The van der Waals surface area contributed by atoms with Crippen LogP contribution in [0.5, 0.6) is 0 Å². The zero-order valence-corrected chi connectivity index (χ0v) is 12.4. The van der Waals surface area contributed by atoms with Gasteiger partial charge in [0.25, 0.3) is 0 Å². The van der Waals surface area contributed by atoms with E-state index in [2.05, 4.69) is 27.2 Å². The summed E-state index contributed by atoms with van der Waals surface area (Å²) in [5.41, 5.74) is 1.22. The summed E-state index contributed by atoms with van der Waals surface area (Å²) in [6.07, 6.45) is 3.27. The fourth-order valence-corrected chi connectivity index (χ4v) is 3.62. The molecular formula is C14H17N3O2S. The monoisotopic (exact) mass is 291 g/mol. The summed E-state index contributed by atoms with van der Waals surface area (Å²) < 4.78 is 4.83. The minimum absolute atomic E-state index is 0.0251. The van der Waals surface area contributed by atoms with E-state index < -0.39 is 0 Å². The van der Waals surface area contributed by atoms with Gasteiger partial charge in [0, 0.05) is 13.1 Å². The van der Waals surface area contributed by atoms with E-state index in [0.717, 1.165) is 42.0 Å². The van der Waals surface area contributed by atoms with Crippen molar-refractivity contribution in [3.05, 3.63) is 17.3 Å². The zero-order valence-electron chi connectivity index (χ0n) is 11.6. The number of hydrogen-bond acceptors (Lipinski definition) is 6. The summed E-state index contributed by atoms with van der Waals surface area (Å²) in [5.74, 6) is 0.929. The summed E-state index contributed by atoms with van der Waals surface area (Å²) >= 11 is 1.65. The molecule has 2 aromatic rings. The highest BCUT2D eigenvalue weighted by Gasteiger charge is 2.27. The van der Waals surface area contributed by atoms with Crippen molar-refractivity contribution in [3.63, 3.8) is 0 Å². The lowest BCUT2D eigenvalue weighted by Crippen LogP contribution is -2.37. The Balaban J connectivity index is 1.83. The highest BCUT2D eigenvalue weighted by atomic mass is 32.1. The van der Waals surface area contributed by atoms with Crippen LogP contribution in [0.3, 0.4) is 0 Å². The molecule has 0 N–H and O–H groups in total. The van der Waals surface area contributed by atoms with E-state index in [1.54, 1.807) is 17.7 Å². The van der Waals surface area contributed by atoms with Crippen molar-refractivity contribution in [2.75, 3.05) is 25.1 Å². The molecule has 3 heterocycles. The van der Waals surface area contributed by atoms with Crippen LogP contribution in [0.25, 0.3) is 10.2 Å². The number of carbonyl (C=O) groups excluding carboxylic acids is 1. The van der Waals surface area contributed by atoms with Gasteiger partial charge in [0.05, 0.1) is 18.4 Å². The lowest BCUT2D eigenvalue weighted by Gasteiger charge is -2.31. The molecule has 20 heavy (non-hydrogen) atoms. The van der Waals surface area contributed by atoms with Gasteiger partial charge in [0.1, 0.15) is 17.0 Å². The average Bonchev–Trinajstić information content (AvgIpc) is 2.88. The van der Waals surface area contributed by atoms with Crippen LogP contribution in [0.1, 0.15) is 18.4 Å². The summed E-state index contributed by atoms with van der Waals surface area (Å²) in [5, 5.41) is 3.26. The van der Waals surface area contributed by atoms with E-state index in [0.29, 0.717) is 0 Å². The minimum atomic E-state index is -0.0933. The highest BCUT2D eigenvalue weighted by molar-refractivity contribution is 7.17. The molecular weight excluding hydrogens is 274 g/mol. The molecule has 0 aromatic carbocycles. The van der Waals surface area contributed by atoms with Crippen LogP contribution in [0.4, 0.5) is 5.82 Å². The van der Waals surface area contributed by atoms with Crippen molar-refractivity contribution in [1.82, 2.24) is 9.97 Å². The van der Waals surface area contributed by atoms with Crippen LogP contribution in [0.2, 0.25) is 0 Å². The molecule has 0 unspecified atom stereocenters. The van der Waals surface area contributed by atoms with Crippen molar-refractivity contribution in [2.45, 2.75) is 19.8 Å². The third-order valence-corrected chi connectivity index (χ3v) is 4.87. The third kappa shape index (κ3) is 2.24. The number of rotatable bonds is 2. The standard InChI is InChI=1S/C14H17N3O2S/c1-9-7-20-13-11(9)12(15-8-16-13)17-5-3-10(4-6-17)14(18)19-2/h7-8,10H,3-6H2,1-2H3. The number of fused-ring (bicyclic) bond motifs is 1. The van der Waals surface area contributed by atoms with Gasteiger partial charge in [-0.05, 0) is 30.7 Å². The Morgan fingerprint density at radius 1 is 1.40 bits per heavy atom. The number of thiophene rings is 1. The number of methoxy groups -OCH3 is 1. The first-order valence-corrected chi connectivity index (χ1v) is 7.60. The molecule has 1 aliphatic rings. The number of ether oxygens (including phenoxy) is 1. The molecule has 1 fully saturated rings. The van der Waals surface area contributed by atoms with Crippen LogP contribution < -0.4 is 4.90 Å². The minimum Gasteiger partial charge on any atom is -0.469 e. The van der Waals surface area contributed by atoms with Crippen LogP contribution in [0, 0.1) is 12.8 Å². The van der Waals surface area contributed by atoms with Gasteiger partial charge in [-0.3, -0.25) is 4.79 Å². The molecule has 0 amide bonds. The normalized spacial score (nSPS) is 16.6. The smallest absolute Gasteiger partial charge is 0.308 e. The first-order valence-electron chi connectivity index (χ1n) is 6.72. The topological polar surface area (TPSA) is 55.3 Å². The fourth-order valence-electron chi connectivity index (χ4n) is 2.73. The van der Waals surface area contributed by atoms with Crippen LogP contribution in [-0.4, -0.2) is 36.1 Å². The van der Waals surface area contributed by atoms with Crippen molar-refractivity contribution >= 4 is 33.3 Å². The molecule has 106 valence electrons. The van der Waals surface area contributed by atoms with Gasteiger partial charge in [0.2, 0.25) is 0 Å². The molecule has 3 rings (SSSR count). The Kier molecular flexibility index (Phi) is 3.56. The molecule has 1 aliphatic heterocycles. The second-order valence-corrected chi connectivity index (χ2v) is 5.94. The number of hydrogen-bond donors (Lipinski definition) is 0. The van der Waals surface area contributed by atoms with E-state index in [1.807, 2.05) is 0 Å². The van der Waals surface area contributed by atoms with Crippen LogP contribution in [-0.2, 0) is 9.53 Å². The maximum absolute atomic E-state index is 11.6. The van der Waals surface area contributed by atoms with E-state index in [1.165, 1.54) is 12.7 Å². The summed E-state index contributed by atoms with van der Waals surface area (Å²) in [6, 6.07) is 0. The number of anilines is 1. The second-order valence-electron chi connectivity index (χ2n) is 5.08. The molecule has 2 aromatic heterocycles. The molecule has 0 aliphatic carbocycles. The average molecular weight is 291 g/mol. The van der Waals surface area contributed by atoms with E-state index >= 15 is 0 Å². The van der Waals surface area contributed by atoms with Crippen molar-refractivity contribution < 1.29 is 9.53 Å². The largest absolute Gasteiger partial charge is 0.469 e. The first kappa shape index (κ1) is 13.3. The van der Waals surface area contributed by atoms with Crippen molar-refractivity contribution in [2.24, 2.45) is 5.92 Å². The molecule has 1 saturated heterocycles. The van der Waals surface area contributed by atoms with Gasteiger partial charge in [0.15, 0.2) is 0 Å². The summed E-state index contributed by atoms with van der Waals surface area (Å²) in [4.78, 5) is 23.6. The van der Waals surface area contributed by atoms with E-state index in [4.69, 9.17) is 4.74 Å². The molecule has 0 radical (unpaired) electrons. The molecule has 0 atom stereocenters. The molecule has 0 spiro atoms. The molecule has 0 saturated carbocycles. The second kappa shape index (κ2) is 5.36. The molecule has 0 bridgehead atoms. The van der Waals surface area contributed by atoms with Gasteiger partial charge in [-0.2, -0.15) is 0 Å². The number of piperidine rings is 1. The van der Waals surface area contributed by atoms with E-state index in [-0.39, 0.29) is 11.9 Å². The maximum Gasteiger partial charge on any atom is 0.308 e.